The number of aromatic nitrogens is 3. The van der Waals surface area contributed by atoms with Gasteiger partial charge in [-0.3, -0.25) is 14.2 Å². The number of amides is 1. The lowest BCUT2D eigenvalue weighted by atomic mass is 10.2. The van der Waals surface area contributed by atoms with Crippen LogP contribution in [0.4, 0.5) is 16.4 Å². The van der Waals surface area contributed by atoms with E-state index in [1.54, 1.807) is 47.0 Å². The molecule has 1 N–H and O–H groups in total. The highest BCUT2D eigenvalue weighted by molar-refractivity contribution is 7.92. The summed E-state index contributed by atoms with van der Waals surface area (Å²) in [4.78, 5) is 14.5. The molecule has 0 spiro atoms. The summed E-state index contributed by atoms with van der Waals surface area (Å²) in [6.45, 7) is 0.681. The number of nitrogens with zero attached hydrogens (tertiary/aromatic N) is 4. The molecule has 10 nitrogen and oxygen atoms in total. The highest BCUT2D eigenvalue weighted by atomic mass is 35.5. The van der Waals surface area contributed by atoms with Crippen molar-refractivity contribution in [3.8, 4) is 22.1 Å². The Hall–Kier alpha value is -3.61. The van der Waals surface area contributed by atoms with Gasteiger partial charge in [0.2, 0.25) is 16.0 Å². The van der Waals surface area contributed by atoms with Gasteiger partial charge in [0.15, 0.2) is 5.82 Å². The molecule has 0 radical (unpaired) electrons. The van der Waals surface area contributed by atoms with E-state index in [0.717, 1.165) is 10.4 Å². The highest BCUT2D eigenvalue weighted by Crippen LogP contribution is 2.36. The molecule has 5 rings (SSSR count). The summed E-state index contributed by atoms with van der Waals surface area (Å²) in [6, 6.07) is 15.9. The van der Waals surface area contributed by atoms with Crippen LogP contribution in [-0.4, -0.2) is 55.3 Å². The minimum Gasteiger partial charge on any atom is -0.495 e. The van der Waals surface area contributed by atoms with Crippen molar-refractivity contribution in [1.82, 2.24) is 14.8 Å². The van der Waals surface area contributed by atoms with Crippen LogP contribution in [0.2, 0.25) is 5.02 Å². The summed E-state index contributed by atoms with van der Waals surface area (Å²) >= 11 is 7.36. The maximum absolute atomic E-state index is 13.1. The number of thiophene rings is 1. The molecule has 2 aromatic carbocycles. The van der Waals surface area contributed by atoms with Crippen LogP contribution in [0.1, 0.15) is 5.56 Å². The van der Waals surface area contributed by atoms with Crippen LogP contribution in [0.25, 0.3) is 16.4 Å². The number of carbonyl (C=O) groups is 1. The number of ether oxygens (including phenoxy) is 2. The van der Waals surface area contributed by atoms with Crippen LogP contribution in [0.15, 0.2) is 60.0 Å². The van der Waals surface area contributed by atoms with Gasteiger partial charge in [-0.1, -0.05) is 29.8 Å². The van der Waals surface area contributed by atoms with Crippen molar-refractivity contribution in [3.05, 3.63) is 70.6 Å². The second kappa shape index (κ2) is 10.4. The van der Waals surface area contributed by atoms with Crippen LogP contribution in [0.5, 0.6) is 5.75 Å². The largest absolute Gasteiger partial charge is 0.495 e. The van der Waals surface area contributed by atoms with Crippen LogP contribution >= 0.6 is 22.9 Å². The lowest BCUT2D eigenvalue weighted by Crippen LogP contribution is -2.23. The van der Waals surface area contributed by atoms with Crippen molar-refractivity contribution in [2.45, 2.75) is 6.42 Å². The fraction of sp³-hybridized carbons (Fsp3) is 0.208. The van der Waals surface area contributed by atoms with Gasteiger partial charge >= 0.3 is 6.09 Å². The fourth-order valence-electron chi connectivity index (χ4n) is 3.89. The third-order valence-corrected chi connectivity index (χ3v) is 8.05. The quantitative estimate of drug-likeness (QED) is 0.318. The van der Waals surface area contributed by atoms with E-state index in [1.807, 2.05) is 17.5 Å². The monoisotopic (exact) mass is 559 g/mol. The van der Waals surface area contributed by atoms with Gasteiger partial charge < -0.3 is 9.47 Å². The fourth-order valence-corrected chi connectivity index (χ4v) is 5.73. The molecule has 1 saturated heterocycles. The Kier molecular flexibility index (Phi) is 7.04. The van der Waals surface area contributed by atoms with Gasteiger partial charge in [-0.05, 0) is 53.8 Å². The van der Waals surface area contributed by atoms with Gasteiger partial charge in [0.1, 0.15) is 12.4 Å². The van der Waals surface area contributed by atoms with Crippen molar-refractivity contribution in [1.29, 1.82) is 0 Å². The first-order valence-corrected chi connectivity index (χ1v) is 14.1. The standard InChI is InChI=1S/C24H22ClN5O5S2/c1-34-20-9-8-18(29-11-12-35-24(29)31)15-19(20)30-22(21-3-2-13-36-21)26-27-23(30)28-37(32,33)14-10-16-4-6-17(25)7-5-16/h2-9,13,15H,10-12,14H2,1H3,(H,27,28). The minimum atomic E-state index is -3.81. The summed E-state index contributed by atoms with van der Waals surface area (Å²) in [5.41, 5.74) is 1.87. The van der Waals surface area contributed by atoms with E-state index >= 15 is 0 Å². The second-order valence-electron chi connectivity index (χ2n) is 8.08. The molecule has 1 amide bonds. The lowest BCUT2D eigenvalue weighted by molar-refractivity contribution is 0.181. The zero-order valence-corrected chi connectivity index (χ0v) is 22.0. The Morgan fingerprint density at radius 3 is 2.65 bits per heavy atom. The lowest BCUT2D eigenvalue weighted by Gasteiger charge is -2.18. The Labute approximate surface area is 222 Å². The topological polar surface area (TPSA) is 116 Å². The van der Waals surface area contributed by atoms with E-state index in [4.69, 9.17) is 21.1 Å². The molecular weight excluding hydrogens is 538 g/mol. The van der Waals surface area contributed by atoms with Gasteiger partial charge in [-0.15, -0.1) is 21.5 Å². The van der Waals surface area contributed by atoms with E-state index in [2.05, 4.69) is 14.9 Å². The Balaban J connectivity index is 1.53. The van der Waals surface area contributed by atoms with Gasteiger partial charge in [0.25, 0.3) is 0 Å². The number of hydrogen-bond donors (Lipinski definition) is 1. The number of halogens is 1. The number of carbonyl (C=O) groups excluding carboxylic acids is 1. The molecule has 0 atom stereocenters. The third kappa shape index (κ3) is 5.41. The summed E-state index contributed by atoms with van der Waals surface area (Å²) in [6.07, 6.45) is -0.171. The number of hydrogen-bond acceptors (Lipinski definition) is 8. The molecule has 0 aliphatic carbocycles. The normalized spacial score (nSPS) is 13.6. The molecule has 37 heavy (non-hydrogen) atoms. The van der Waals surface area contributed by atoms with Gasteiger partial charge in [-0.2, -0.15) is 0 Å². The van der Waals surface area contributed by atoms with Crippen LogP contribution in [0.3, 0.4) is 0 Å². The predicted molar refractivity (Wildman–Crippen MR) is 142 cm³/mol. The van der Waals surface area contributed by atoms with Gasteiger partial charge in [0, 0.05) is 10.7 Å². The maximum atomic E-state index is 13.1. The zero-order chi connectivity index (χ0) is 26.0. The molecule has 4 aromatic rings. The Morgan fingerprint density at radius 2 is 1.97 bits per heavy atom. The first-order chi connectivity index (χ1) is 17.8. The van der Waals surface area contributed by atoms with E-state index in [0.29, 0.717) is 34.5 Å². The second-order valence-corrected chi connectivity index (χ2v) is 11.3. The SMILES string of the molecule is COc1ccc(N2CCOC2=O)cc1-n1c(NS(=O)(=O)CCc2ccc(Cl)cc2)nnc1-c1cccs1. The summed E-state index contributed by atoms with van der Waals surface area (Å²) in [5, 5.41) is 10.9. The highest BCUT2D eigenvalue weighted by Gasteiger charge is 2.27. The molecule has 192 valence electrons. The van der Waals surface area contributed by atoms with Crippen molar-refractivity contribution in [2.24, 2.45) is 0 Å². The average molecular weight is 560 g/mol. The smallest absolute Gasteiger partial charge is 0.414 e. The van der Waals surface area contributed by atoms with Crippen LogP contribution in [-0.2, 0) is 21.2 Å². The third-order valence-electron chi connectivity index (χ3n) is 5.70. The zero-order valence-electron chi connectivity index (χ0n) is 19.6. The van der Waals surface area contributed by atoms with Crippen LogP contribution < -0.4 is 14.4 Å². The van der Waals surface area contributed by atoms with Crippen molar-refractivity contribution < 1.29 is 22.7 Å². The summed E-state index contributed by atoms with van der Waals surface area (Å²) < 4.78 is 41.0. The molecule has 1 fully saturated rings. The molecule has 2 aromatic heterocycles. The number of anilines is 2. The molecular formula is C24H22ClN5O5S2. The number of rotatable bonds is 9. The number of sulfonamides is 1. The van der Waals surface area contributed by atoms with Gasteiger partial charge in [0.05, 0.1) is 30.0 Å². The molecule has 0 saturated carbocycles. The molecule has 3 heterocycles. The van der Waals surface area contributed by atoms with E-state index < -0.39 is 16.1 Å². The summed E-state index contributed by atoms with van der Waals surface area (Å²) in [7, 11) is -2.30. The Bertz CT molecular complexity index is 1520. The number of cyclic esters (lactones) is 1. The van der Waals surface area contributed by atoms with E-state index in [1.165, 1.54) is 23.3 Å². The molecule has 13 heteroatoms. The van der Waals surface area contributed by atoms with Crippen molar-refractivity contribution in [3.63, 3.8) is 0 Å². The number of benzene rings is 2. The maximum Gasteiger partial charge on any atom is 0.414 e. The predicted octanol–water partition coefficient (Wildman–Crippen LogP) is 4.60. The van der Waals surface area contributed by atoms with Gasteiger partial charge in [-0.25, -0.2) is 13.2 Å². The number of aryl methyl sites for hydroxylation is 1. The Morgan fingerprint density at radius 1 is 1.16 bits per heavy atom. The first kappa shape index (κ1) is 25.1. The van der Waals surface area contributed by atoms with Crippen molar-refractivity contribution >= 4 is 50.7 Å². The minimum absolute atomic E-state index is 0.000968. The van der Waals surface area contributed by atoms with E-state index in [9.17, 15) is 13.2 Å². The number of nitrogens with one attached hydrogen (secondary N) is 1. The molecule has 1 aliphatic heterocycles. The molecule has 0 unspecified atom stereocenters. The van der Waals surface area contributed by atoms with Crippen LogP contribution in [0, 0.1) is 0 Å². The molecule has 1 aliphatic rings. The molecule has 0 bridgehead atoms. The average Bonchev–Trinajstić information content (AvgIpc) is 3.64. The first-order valence-electron chi connectivity index (χ1n) is 11.2. The van der Waals surface area contributed by atoms with Crippen molar-refractivity contribution in [2.75, 3.05) is 35.6 Å². The number of methoxy groups -OCH3 is 1. The summed E-state index contributed by atoms with van der Waals surface area (Å²) in [5.74, 6) is 0.687. The van der Waals surface area contributed by atoms with E-state index in [-0.39, 0.29) is 24.7 Å².